The van der Waals surface area contributed by atoms with Crippen LogP contribution >= 0.6 is 27.5 Å². The largest absolute Gasteiger partial charge is 0.369 e. The number of nitrogens with zero attached hydrogens (tertiary/aromatic N) is 3. The van der Waals surface area contributed by atoms with Gasteiger partial charge in [-0.05, 0) is 34.0 Å². The molecule has 2 rings (SSSR count). The van der Waals surface area contributed by atoms with Gasteiger partial charge in [0.05, 0.1) is 4.47 Å². The van der Waals surface area contributed by atoms with Crippen molar-refractivity contribution in [3.63, 3.8) is 0 Å². The Balaban J connectivity index is 1.80. The molecule has 2 heterocycles. The molecule has 0 saturated carbocycles. The average Bonchev–Trinajstić information content (AvgIpc) is 2.82. The second-order valence-electron chi connectivity index (χ2n) is 3.40. The lowest BCUT2D eigenvalue weighted by molar-refractivity contribution is 0.813. The summed E-state index contributed by atoms with van der Waals surface area (Å²) in [5.74, 6) is 1.70. The number of rotatable bonds is 5. The molecule has 0 atom stereocenters. The Kier molecular flexibility index (Phi) is 4.33. The van der Waals surface area contributed by atoms with E-state index in [0.717, 1.165) is 29.7 Å². The van der Waals surface area contributed by atoms with E-state index in [0.29, 0.717) is 5.82 Å². The number of aromatic nitrogens is 4. The Hall–Kier alpha value is -1.14. The first-order chi connectivity index (χ1) is 8.25. The molecule has 5 nitrogen and oxygen atoms in total. The summed E-state index contributed by atoms with van der Waals surface area (Å²) in [6.45, 7) is 0.798. The molecule has 0 saturated heterocycles. The Bertz CT molecular complexity index is 474. The molecule has 90 valence electrons. The summed E-state index contributed by atoms with van der Waals surface area (Å²) in [6.07, 6.45) is 7.06. The molecule has 7 heteroatoms. The van der Waals surface area contributed by atoms with Crippen LogP contribution in [-0.2, 0) is 6.42 Å². The molecule has 0 aliphatic heterocycles. The first kappa shape index (κ1) is 12.3. The Morgan fingerprint density at radius 1 is 1.41 bits per heavy atom. The zero-order valence-electron chi connectivity index (χ0n) is 8.95. The molecule has 0 aromatic carbocycles. The summed E-state index contributed by atoms with van der Waals surface area (Å²) in [6, 6.07) is 0. The second kappa shape index (κ2) is 5.97. The minimum absolute atomic E-state index is 0.238. The molecule has 17 heavy (non-hydrogen) atoms. The van der Waals surface area contributed by atoms with Gasteiger partial charge in [-0.15, -0.1) is 0 Å². The number of nitrogens with one attached hydrogen (secondary N) is 2. The van der Waals surface area contributed by atoms with Gasteiger partial charge in [0.15, 0.2) is 0 Å². The molecular weight excluding hydrogens is 306 g/mol. The fourth-order valence-corrected chi connectivity index (χ4v) is 1.83. The number of H-pyrrole nitrogens is 1. The van der Waals surface area contributed by atoms with Gasteiger partial charge in [-0.3, -0.25) is 0 Å². The quantitative estimate of drug-likeness (QED) is 0.657. The normalized spacial score (nSPS) is 10.5. The molecule has 2 aromatic rings. The van der Waals surface area contributed by atoms with Gasteiger partial charge in [-0.1, -0.05) is 0 Å². The van der Waals surface area contributed by atoms with Gasteiger partial charge in [0.2, 0.25) is 5.28 Å². The van der Waals surface area contributed by atoms with Crippen molar-refractivity contribution in [3.05, 3.63) is 34.2 Å². The van der Waals surface area contributed by atoms with Crippen molar-refractivity contribution < 1.29 is 0 Å². The first-order valence-electron chi connectivity index (χ1n) is 5.16. The van der Waals surface area contributed by atoms with E-state index in [1.807, 2.05) is 6.20 Å². The van der Waals surface area contributed by atoms with Crippen LogP contribution in [0.1, 0.15) is 12.2 Å². The number of hydrogen-bond donors (Lipinski definition) is 2. The van der Waals surface area contributed by atoms with Crippen molar-refractivity contribution in [3.8, 4) is 0 Å². The third-order valence-electron chi connectivity index (χ3n) is 2.15. The van der Waals surface area contributed by atoms with Crippen LogP contribution in [0.25, 0.3) is 0 Å². The number of anilines is 1. The summed E-state index contributed by atoms with van der Waals surface area (Å²) < 4.78 is 0.805. The highest BCUT2D eigenvalue weighted by Crippen LogP contribution is 2.19. The molecule has 0 spiro atoms. The molecule has 0 aliphatic carbocycles. The fraction of sp³-hybridized carbons (Fsp3) is 0.300. The number of hydrogen-bond acceptors (Lipinski definition) is 4. The van der Waals surface area contributed by atoms with E-state index in [4.69, 9.17) is 11.6 Å². The van der Waals surface area contributed by atoms with Crippen molar-refractivity contribution in [2.75, 3.05) is 11.9 Å². The minimum atomic E-state index is 0.238. The smallest absolute Gasteiger partial charge is 0.224 e. The van der Waals surface area contributed by atoms with Crippen LogP contribution in [0.3, 0.4) is 0 Å². The maximum absolute atomic E-state index is 5.71. The molecule has 0 amide bonds. The predicted octanol–water partition coefficient (Wildman–Crippen LogP) is 2.66. The van der Waals surface area contributed by atoms with E-state index in [1.54, 1.807) is 12.4 Å². The summed E-state index contributed by atoms with van der Waals surface area (Å²) >= 11 is 9.07. The van der Waals surface area contributed by atoms with Crippen LogP contribution in [0.2, 0.25) is 5.28 Å². The van der Waals surface area contributed by atoms with Crippen molar-refractivity contribution in [2.45, 2.75) is 12.8 Å². The number of aryl methyl sites for hydroxylation is 1. The summed E-state index contributed by atoms with van der Waals surface area (Å²) in [7, 11) is 0. The Morgan fingerprint density at radius 2 is 2.29 bits per heavy atom. The lowest BCUT2D eigenvalue weighted by atomic mass is 10.3. The van der Waals surface area contributed by atoms with Crippen LogP contribution in [0, 0.1) is 0 Å². The highest BCUT2D eigenvalue weighted by molar-refractivity contribution is 9.10. The molecular formula is C10H11BrClN5. The molecule has 0 unspecified atom stereocenters. The van der Waals surface area contributed by atoms with Gasteiger partial charge in [-0.25, -0.2) is 9.97 Å². The molecule has 0 radical (unpaired) electrons. The average molecular weight is 317 g/mol. The van der Waals surface area contributed by atoms with Crippen molar-refractivity contribution >= 4 is 33.3 Å². The maximum Gasteiger partial charge on any atom is 0.224 e. The topological polar surface area (TPSA) is 66.5 Å². The fourth-order valence-electron chi connectivity index (χ4n) is 1.37. The van der Waals surface area contributed by atoms with E-state index in [2.05, 4.69) is 41.2 Å². The Labute approximate surface area is 112 Å². The van der Waals surface area contributed by atoms with Crippen molar-refractivity contribution in [2.24, 2.45) is 0 Å². The molecule has 2 N–H and O–H groups in total. The third-order valence-corrected chi connectivity index (χ3v) is 2.91. The van der Waals surface area contributed by atoms with Crippen LogP contribution in [0.5, 0.6) is 0 Å². The lowest BCUT2D eigenvalue weighted by Gasteiger charge is -2.06. The van der Waals surface area contributed by atoms with Crippen molar-refractivity contribution in [1.29, 1.82) is 0 Å². The molecule has 0 aliphatic rings. The van der Waals surface area contributed by atoms with E-state index in [1.165, 1.54) is 0 Å². The highest BCUT2D eigenvalue weighted by atomic mass is 79.9. The molecule has 0 bridgehead atoms. The zero-order valence-corrected chi connectivity index (χ0v) is 11.3. The lowest BCUT2D eigenvalue weighted by Crippen LogP contribution is -2.06. The first-order valence-corrected chi connectivity index (χ1v) is 6.33. The number of aromatic amines is 1. The Morgan fingerprint density at radius 3 is 3.06 bits per heavy atom. The summed E-state index contributed by atoms with van der Waals surface area (Å²) in [5.41, 5.74) is 0. The van der Waals surface area contributed by atoms with E-state index >= 15 is 0 Å². The predicted molar refractivity (Wildman–Crippen MR) is 70.1 cm³/mol. The van der Waals surface area contributed by atoms with Gasteiger partial charge >= 0.3 is 0 Å². The number of halogens is 2. The second-order valence-corrected chi connectivity index (χ2v) is 4.59. The third kappa shape index (κ3) is 3.67. The van der Waals surface area contributed by atoms with Crippen LogP contribution in [0.4, 0.5) is 5.82 Å². The maximum atomic E-state index is 5.71. The van der Waals surface area contributed by atoms with Gasteiger partial charge < -0.3 is 10.3 Å². The SMILES string of the molecule is Clc1ncc(Br)c(NCCCc2ncc[nH]2)n1. The van der Waals surface area contributed by atoms with Crippen molar-refractivity contribution in [1.82, 2.24) is 19.9 Å². The van der Waals surface area contributed by atoms with Gasteiger partial charge in [0, 0.05) is 31.6 Å². The highest BCUT2D eigenvalue weighted by Gasteiger charge is 2.03. The monoisotopic (exact) mass is 315 g/mol. The van der Waals surface area contributed by atoms with Gasteiger partial charge in [-0.2, -0.15) is 4.98 Å². The molecule has 2 aromatic heterocycles. The van der Waals surface area contributed by atoms with E-state index in [-0.39, 0.29) is 5.28 Å². The standard InChI is InChI=1S/C10H11BrClN5/c11-7-6-16-10(12)17-9(7)15-3-1-2-8-13-4-5-14-8/h4-6H,1-3H2,(H,13,14)(H,15,16,17). The van der Waals surface area contributed by atoms with Crippen LogP contribution in [0.15, 0.2) is 23.1 Å². The number of imidazole rings is 1. The van der Waals surface area contributed by atoms with Gasteiger partial charge in [0.1, 0.15) is 11.6 Å². The zero-order chi connectivity index (χ0) is 12.1. The van der Waals surface area contributed by atoms with E-state index in [9.17, 15) is 0 Å². The summed E-state index contributed by atoms with van der Waals surface area (Å²) in [4.78, 5) is 15.2. The van der Waals surface area contributed by atoms with Gasteiger partial charge in [0.25, 0.3) is 0 Å². The summed E-state index contributed by atoms with van der Waals surface area (Å²) in [5, 5.41) is 3.43. The minimum Gasteiger partial charge on any atom is -0.369 e. The van der Waals surface area contributed by atoms with E-state index < -0.39 is 0 Å². The molecule has 0 fully saturated rings. The van der Waals surface area contributed by atoms with Crippen LogP contribution < -0.4 is 5.32 Å². The van der Waals surface area contributed by atoms with Crippen LogP contribution in [-0.4, -0.2) is 26.5 Å².